The highest BCUT2D eigenvalue weighted by Crippen LogP contribution is 2.26. The van der Waals surface area contributed by atoms with Crippen LogP contribution in [0.3, 0.4) is 0 Å². The predicted molar refractivity (Wildman–Crippen MR) is 568 cm³/mol. The fraction of sp³-hybridized carbons (Fsp3) is 0.895. The Labute approximate surface area is 873 Å². The fourth-order valence-electron chi connectivity index (χ4n) is 12.9. The highest BCUT2D eigenvalue weighted by atomic mass is 16.6. The molecule has 0 saturated heterocycles. The zero-order valence-electron chi connectivity index (χ0n) is 94.6. The summed E-state index contributed by atoms with van der Waals surface area (Å²) >= 11 is 0. The molecule has 0 spiro atoms. The van der Waals surface area contributed by atoms with Gasteiger partial charge in [-0.05, 0) is 302 Å². The maximum Gasteiger partial charge on any atom is 0.305 e. The maximum absolute atomic E-state index is 11.7. The minimum absolute atomic E-state index is 0.0984. The van der Waals surface area contributed by atoms with E-state index in [0.29, 0.717) is 185 Å². The van der Waals surface area contributed by atoms with Gasteiger partial charge in [0.05, 0.1) is 79.3 Å². The van der Waals surface area contributed by atoms with Gasteiger partial charge >= 0.3 is 71.6 Å². The smallest absolute Gasteiger partial charge is 0.305 e. The summed E-state index contributed by atoms with van der Waals surface area (Å²) in [5.41, 5.74) is 1.60. The average molecular weight is 2070 g/mol. The molecule has 144 heavy (non-hydrogen) atoms. The van der Waals surface area contributed by atoms with E-state index in [9.17, 15) is 57.5 Å². The SMILES string of the molecule is CC(C)(C)CCCCOC(=O)CCCCCO.CC(C)(C)CCCCOC(=O)CCCCCOC(=O)CCCCCO.CC(C)(C)CCCCOC(=O)CCCCCOC(=O)CCCCCOC(=O)CCCCCO.CC(C)(C)CCOC(=O)CCCCCO.CC(C)(C)CCOC(=O)CCCCCOC(=O)CCCCCO.CC(C)(C)CCOC(=O)CCCCCOC(=O)CCCCCOC(=O)CCCCCO. The molecule has 0 aliphatic carbocycles. The molecule has 0 rings (SSSR count). The van der Waals surface area contributed by atoms with Gasteiger partial charge in [0.1, 0.15) is 0 Å². The first kappa shape index (κ1) is 148. The minimum atomic E-state index is -0.206. The zero-order valence-corrected chi connectivity index (χ0v) is 94.6. The molecule has 852 valence electrons. The standard InChI is InChI=1S/C26H48O7.C24H44O7.C20H38O5.C18H34O5.C14H28O3.C12H24O3/c1-26(2,3)18-10-14-22-33-25(30)17-9-6-13-21-32-24(29)16-8-5-12-20-31-23(28)15-7-4-11-19-27;1-24(2,3)16-20-31-23(28)15-9-6-12-19-30-22(27)14-8-5-11-18-29-21(26)13-7-4-10-17-25;1-20(2,3)14-8-11-17-25-19(23)13-7-5-10-16-24-18(22)12-6-4-9-15-21;1-18(2,3)12-15-23-17(21)11-7-5-9-14-22-16(20)10-6-4-8-13-19;1-14(2,3)10-6-8-12-17-13(16)9-5-4-7-11-15;1-12(2,3)8-10-15-11(14)7-5-4-6-9-13/h27H,4-22H2,1-3H3;25H,4-20H2,1-3H3;21H,4-17H2,1-3H3;19H,4-15H2,1-3H3;15H,4-12H2,1-3H3;13H,4-10H2,1-3H3. The van der Waals surface area contributed by atoms with Crippen LogP contribution < -0.4 is 0 Å². The lowest BCUT2D eigenvalue weighted by Gasteiger charge is -2.17. The number of carbonyl (C=O) groups is 12. The molecule has 0 saturated carbocycles. The van der Waals surface area contributed by atoms with Crippen LogP contribution in [0.25, 0.3) is 0 Å². The normalized spacial score (nSPS) is 11.3. The summed E-state index contributed by atoms with van der Waals surface area (Å²) in [4.78, 5) is 138. The second kappa shape index (κ2) is 104. The van der Waals surface area contributed by atoms with E-state index in [4.69, 9.17) is 87.5 Å². The van der Waals surface area contributed by atoms with E-state index in [1.807, 2.05) is 0 Å². The van der Waals surface area contributed by atoms with E-state index in [1.54, 1.807) is 0 Å². The summed E-state index contributed by atoms with van der Waals surface area (Å²) < 4.78 is 62.1. The highest BCUT2D eigenvalue weighted by Gasteiger charge is 2.19. The predicted octanol–water partition coefficient (Wildman–Crippen LogP) is 24.1. The number of ether oxygens (including phenoxy) is 12. The molecule has 0 aromatic heterocycles. The van der Waals surface area contributed by atoms with Crippen molar-refractivity contribution in [3.63, 3.8) is 0 Å². The van der Waals surface area contributed by atoms with E-state index >= 15 is 0 Å². The highest BCUT2D eigenvalue weighted by molar-refractivity contribution is 5.73. The van der Waals surface area contributed by atoms with Crippen molar-refractivity contribution < 1.29 is 145 Å². The Morgan fingerprint density at radius 3 is 0.326 bits per heavy atom. The van der Waals surface area contributed by atoms with Crippen molar-refractivity contribution in [1.29, 1.82) is 0 Å². The van der Waals surface area contributed by atoms with Gasteiger partial charge in [0.15, 0.2) is 0 Å². The molecule has 6 N–H and O–H groups in total. The topological polar surface area (TPSA) is 437 Å². The lowest BCUT2D eigenvalue weighted by atomic mass is 9.90. The van der Waals surface area contributed by atoms with Crippen LogP contribution in [0.1, 0.15) is 510 Å². The largest absolute Gasteiger partial charge is 0.466 e. The van der Waals surface area contributed by atoms with Crippen LogP contribution in [0.5, 0.6) is 0 Å². The van der Waals surface area contributed by atoms with Crippen LogP contribution in [0, 0.1) is 32.5 Å². The van der Waals surface area contributed by atoms with Crippen LogP contribution in [0.2, 0.25) is 0 Å². The maximum atomic E-state index is 11.7. The van der Waals surface area contributed by atoms with Crippen molar-refractivity contribution in [2.75, 3.05) is 119 Å². The van der Waals surface area contributed by atoms with Gasteiger partial charge in [-0.25, -0.2) is 0 Å². The van der Waals surface area contributed by atoms with Crippen molar-refractivity contribution in [1.82, 2.24) is 0 Å². The van der Waals surface area contributed by atoms with Crippen molar-refractivity contribution in [3.8, 4) is 0 Å². The summed E-state index contributed by atoms with van der Waals surface area (Å²) in [5.74, 6) is -1.94. The molecule has 0 bridgehead atoms. The lowest BCUT2D eigenvalue weighted by molar-refractivity contribution is -0.145. The number of aliphatic hydroxyl groups excluding tert-OH is 6. The third-order valence-corrected chi connectivity index (χ3v) is 22.1. The Morgan fingerprint density at radius 2 is 0.222 bits per heavy atom. The quantitative estimate of drug-likeness (QED) is 0.0187. The van der Waals surface area contributed by atoms with Gasteiger partial charge < -0.3 is 87.5 Å². The van der Waals surface area contributed by atoms with Gasteiger partial charge in [0.2, 0.25) is 0 Å². The Balaban J connectivity index is -0.000000404. The monoisotopic (exact) mass is 2070 g/mol. The third-order valence-electron chi connectivity index (χ3n) is 22.1. The first-order chi connectivity index (χ1) is 68.1. The molecule has 0 radical (unpaired) electrons. The van der Waals surface area contributed by atoms with E-state index < -0.39 is 0 Å². The van der Waals surface area contributed by atoms with E-state index in [-0.39, 0.29) is 128 Å². The molecular formula is C114H216O30. The Hall–Kier alpha value is -6.60. The summed E-state index contributed by atoms with van der Waals surface area (Å²) in [6.45, 7) is 45.5. The molecule has 0 amide bonds. The van der Waals surface area contributed by atoms with Gasteiger partial charge in [-0.2, -0.15) is 0 Å². The number of hydrogen-bond donors (Lipinski definition) is 6. The molecule has 0 atom stereocenters. The van der Waals surface area contributed by atoms with Gasteiger partial charge in [-0.3, -0.25) is 57.5 Å². The first-order valence-electron chi connectivity index (χ1n) is 55.6. The van der Waals surface area contributed by atoms with E-state index in [0.717, 1.165) is 289 Å². The Morgan fingerprint density at radius 1 is 0.125 bits per heavy atom. The molecule has 0 fully saturated rings. The minimum Gasteiger partial charge on any atom is -0.466 e. The Bertz CT molecular complexity index is 3020. The third kappa shape index (κ3) is 142. The van der Waals surface area contributed by atoms with E-state index in [1.165, 1.54) is 6.42 Å². The van der Waals surface area contributed by atoms with Gasteiger partial charge in [-0.1, -0.05) is 163 Å². The van der Waals surface area contributed by atoms with Gasteiger partial charge in [0, 0.05) is 117 Å². The molecule has 30 heteroatoms. The lowest BCUT2D eigenvalue weighted by Crippen LogP contribution is -2.13. The average Bonchev–Trinajstić information content (AvgIpc) is 0.982. The number of hydrogen-bond acceptors (Lipinski definition) is 30. The summed E-state index contributed by atoms with van der Waals surface area (Å²) in [6.07, 6.45) is 45.4. The van der Waals surface area contributed by atoms with Crippen molar-refractivity contribution >= 4 is 71.6 Å². The van der Waals surface area contributed by atoms with Crippen LogP contribution in [0.4, 0.5) is 0 Å². The molecule has 0 aliphatic heterocycles. The van der Waals surface area contributed by atoms with Crippen LogP contribution in [-0.2, 0) is 114 Å². The van der Waals surface area contributed by atoms with Crippen LogP contribution in [-0.4, -0.2) is 221 Å². The molecule has 0 aliphatic rings. The molecule has 0 heterocycles. The fourth-order valence-corrected chi connectivity index (χ4v) is 12.9. The van der Waals surface area contributed by atoms with Crippen molar-refractivity contribution in [2.45, 2.75) is 510 Å². The molecule has 30 nitrogen and oxygen atoms in total. The molecule has 0 aromatic rings. The van der Waals surface area contributed by atoms with Gasteiger partial charge in [0.25, 0.3) is 0 Å². The van der Waals surface area contributed by atoms with Crippen LogP contribution in [0.15, 0.2) is 0 Å². The van der Waals surface area contributed by atoms with Gasteiger partial charge in [-0.15, -0.1) is 0 Å². The second-order valence-electron chi connectivity index (χ2n) is 44.7. The summed E-state index contributed by atoms with van der Waals surface area (Å²) in [7, 11) is 0. The van der Waals surface area contributed by atoms with Crippen molar-refractivity contribution in [3.05, 3.63) is 0 Å². The van der Waals surface area contributed by atoms with Crippen LogP contribution >= 0.6 is 0 Å². The van der Waals surface area contributed by atoms with Crippen molar-refractivity contribution in [2.24, 2.45) is 32.5 Å². The summed E-state index contributed by atoms with van der Waals surface area (Å²) in [6, 6.07) is 0. The van der Waals surface area contributed by atoms with E-state index in [2.05, 4.69) is 125 Å². The number of carbonyl (C=O) groups excluding carboxylic acids is 12. The summed E-state index contributed by atoms with van der Waals surface area (Å²) in [5, 5.41) is 51.8. The second-order valence-corrected chi connectivity index (χ2v) is 44.7. The zero-order chi connectivity index (χ0) is 110. The molecular weight excluding hydrogens is 1850 g/mol. The first-order valence-corrected chi connectivity index (χ1v) is 55.6. The number of esters is 12. The molecule has 0 aromatic carbocycles. The molecule has 0 unspecified atom stereocenters. The Kier molecular flexibility index (Phi) is 106. The number of aliphatic hydroxyl groups is 6. The number of rotatable bonds is 84. The number of unbranched alkanes of at least 4 members (excludes halogenated alkanes) is 27.